The fourth-order valence-electron chi connectivity index (χ4n) is 3.16. The third kappa shape index (κ3) is 3.47. The van der Waals surface area contributed by atoms with Crippen LogP contribution in [0.4, 0.5) is 0 Å². The Morgan fingerprint density at radius 3 is 2.08 bits per heavy atom. The van der Waals surface area contributed by atoms with E-state index in [1.165, 1.54) is 5.56 Å². The molecule has 0 radical (unpaired) electrons. The van der Waals surface area contributed by atoms with E-state index in [-0.39, 0.29) is 0 Å². The molecular formula is C19H23NO3S. The summed E-state index contributed by atoms with van der Waals surface area (Å²) in [5, 5.41) is 0. The highest BCUT2D eigenvalue weighted by atomic mass is 32.2. The molecule has 2 aromatic carbocycles. The monoisotopic (exact) mass is 345 g/mol. The Balaban J connectivity index is 1.68. The number of piperidine rings is 1. The number of sulfonamides is 1. The van der Waals surface area contributed by atoms with Crippen LogP contribution in [0.15, 0.2) is 53.4 Å². The fraction of sp³-hybridized carbons (Fsp3) is 0.368. The van der Waals surface area contributed by atoms with Crippen LogP contribution in [-0.4, -0.2) is 32.9 Å². The first-order chi connectivity index (χ1) is 11.5. The molecule has 0 spiro atoms. The van der Waals surface area contributed by atoms with Crippen molar-refractivity contribution >= 4 is 10.0 Å². The van der Waals surface area contributed by atoms with Gasteiger partial charge in [0, 0.05) is 13.1 Å². The number of hydrogen-bond acceptors (Lipinski definition) is 3. The molecule has 4 nitrogen and oxygen atoms in total. The second-order valence-corrected chi connectivity index (χ2v) is 8.20. The van der Waals surface area contributed by atoms with E-state index in [9.17, 15) is 8.42 Å². The molecule has 24 heavy (non-hydrogen) atoms. The molecular weight excluding hydrogens is 322 g/mol. The van der Waals surface area contributed by atoms with E-state index in [0.717, 1.165) is 24.2 Å². The van der Waals surface area contributed by atoms with Crippen LogP contribution in [0.5, 0.6) is 5.75 Å². The quantitative estimate of drug-likeness (QED) is 0.851. The molecule has 1 heterocycles. The zero-order chi connectivity index (χ0) is 17.2. The van der Waals surface area contributed by atoms with Crippen molar-refractivity contribution in [3.8, 4) is 5.75 Å². The zero-order valence-electron chi connectivity index (χ0n) is 14.1. The van der Waals surface area contributed by atoms with Crippen LogP contribution < -0.4 is 4.74 Å². The maximum absolute atomic E-state index is 12.7. The van der Waals surface area contributed by atoms with E-state index in [1.807, 2.05) is 31.2 Å². The molecule has 128 valence electrons. The molecule has 0 bridgehead atoms. The standard InChI is InChI=1S/C19H23NO3S/c1-15-3-9-19(10-4-15)24(21,22)20-13-11-17(12-14-20)16-5-7-18(23-2)8-6-16/h3-10,17H,11-14H2,1-2H3. The predicted molar refractivity (Wildman–Crippen MR) is 94.9 cm³/mol. The summed E-state index contributed by atoms with van der Waals surface area (Å²) in [5.41, 5.74) is 2.32. The third-order valence-electron chi connectivity index (χ3n) is 4.70. The SMILES string of the molecule is COc1ccc(C2CCN(S(=O)(=O)c3ccc(C)cc3)CC2)cc1. The number of aryl methyl sites for hydroxylation is 1. The second-order valence-electron chi connectivity index (χ2n) is 6.26. The van der Waals surface area contributed by atoms with E-state index in [0.29, 0.717) is 23.9 Å². The highest BCUT2D eigenvalue weighted by Crippen LogP contribution is 2.31. The summed E-state index contributed by atoms with van der Waals surface area (Å²) in [6.45, 7) is 3.08. The lowest BCUT2D eigenvalue weighted by Gasteiger charge is -2.31. The minimum Gasteiger partial charge on any atom is -0.497 e. The maximum atomic E-state index is 12.7. The molecule has 1 fully saturated rings. The zero-order valence-corrected chi connectivity index (χ0v) is 14.9. The third-order valence-corrected chi connectivity index (χ3v) is 6.61. The lowest BCUT2D eigenvalue weighted by atomic mass is 9.90. The molecule has 1 aliphatic rings. The first-order valence-corrected chi connectivity index (χ1v) is 9.65. The van der Waals surface area contributed by atoms with Gasteiger partial charge in [0.2, 0.25) is 10.0 Å². The van der Waals surface area contributed by atoms with Gasteiger partial charge in [0.15, 0.2) is 0 Å². The molecule has 0 aromatic heterocycles. The Morgan fingerprint density at radius 2 is 1.54 bits per heavy atom. The Hall–Kier alpha value is -1.85. The van der Waals surface area contributed by atoms with E-state index >= 15 is 0 Å². The first-order valence-electron chi connectivity index (χ1n) is 8.21. The van der Waals surface area contributed by atoms with Crippen LogP contribution in [0.2, 0.25) is 0 Å². The molecule has 3 rings (SSSR count). The fourth-order valence-corrected chi connectivity index (χ4v) is 4.63. The number of hydrogen-bond donors (Lipinski definition) is 0. The van der Waals surface area contributed by atoms with Gasteiger partial charge >= 0.3 is 0 Å². The van der Waals surface area contributed by atoms with E-state index in [2.05, 4.69) is 12.1 Å². The van der Waals surface area contributed by atoms with Crippen molar-refractivity contribution in [2.45, 2.75) is 30.6 Å². The molecule has 0 saturated carbocycles. The lowest BCUT2D eigenvalue weighted by Crippen LogP contribution is -2.37. The average Bonchev–Trinajstić information content (AvgIpc) is 2.62. The summed E-state index contributed by atoms with van der Waals surface area (Å²) < 4.78 is 32.3. The summed E-state index contributed by atoms with van der Waals surface area (Å²) in [4.78, 5) is 0.385. The van der Waals surface area contributed by atoms with Gasteiger partial charge in [-0.1, -0.05) is 29.8 Å². The van der Waals surface area contributed by atoms with Crippen molar-refractivity contribution in [1.29, 1.82) is 0 Å². The summed E-state index contributed by atoms with van der Waals surface area (Å²) in [5.74, 6) is 1.25. The van der Waals surface area contributed by atoms with Crippen molar-refractivity contribution in [3.05, 3.63) is 59.7 Å². The van der Waals surface area contributed by atoms with Gasteiger partial charge in [-0.05, 0) is 55.5 Å². The van der Waals surface area contributed by atoms with Gasteiger partial charge < -0.3 is 4.74 Å². The highest BCUT2D eigenvalue weighted by Gasteiger charge is 2.29. The Bertz CT molecular complexity index is 774. The van der Waals surface area contributed by atoms with Crippen LogP contribution in [-0.2, 0) is 10.0 Å². The van der Waals surface area contributed by atoms with E-state index in [4.69, 9.17) is 4.74 Å². The number of rotatable bonds is 4. The van der Waals surface area contributed by atoms with Crippen LogP contribution in [0, 0.1) is 6.92 Å². The molecule has 2 aromatic rings. The van der Waals surface area contributed by atoms with Gasteiger partial charge in [-0.15, -0.1) is 0 Å². The molecule has 1 aliphatic heterocycles. The van der Waals surface area contributed by atoms with Gasteiger partial charge in [0.05, 0.1) is 12.0 Å². The Kier molecular flexibility index (Phi) is 4.92. The molecule has 0 unspecified atom stereocenters. The molecule has 0 aliphatic carbocycles. The molecule has 5 heteroatoms. The van der Waals surface area contributed by atoms with E-state index < -0.39 is 10.0 Å². The van der Waals surface area contributed by atoms with Crippen LogP contribution >= 0.6 is 0 Å². The Labute approximate surface area is 144 Å². The molecule has 0 N–H and O–H groups in total. The van der Waals surface area contributed by atoms with Crippen molar-refractivity contribution in [2.24, 2.45) is 0 Å². The maximum Gasteiger partial charge on any atom is 0.243 e. The summed E-state index contributed by atoms with van der Waals surface area (Å²) in [6.07, 6.45) is 1.69. The van der Waals surface area contributed by atoms with Crippen LogP contribution in [0.3, 0.4) is 0 Å². The van der Waals surface area contributed by atoms with Crippen LogP contribution in [0.25, 0.3) is 0 Å². The van der Waals surface area contributed by atoms with E-state index in [1.54, 1.807) is 23.5 Å². The van der Waals surface area contributed by atoms with Gasteiger partial charge in [0.1, 0.15) is 5.75 Å². The summed E-state index contributed by atoms with van der Waals surface area (Å²) >= 11 is 0. The number of ether oxygens (including phenoxy) is 1. The van der Waals surface area contributed by atoms with Crippen molar-refractivity contribution in [2.75, 3.05) is 20.2 Å². The highest BCUT2D eigenvalue weighted by molar-refractivity contribution is 7.89. The van der Waals surface area contributed by atoms with Crippen molar-refractivity contribution < 1.29 is 13.2 Å². The number of benzene rings is 2. The van der Waals surface area contributed by atoms with Gasteiger partial charge in [0.25, 0.3) is 0 Å². The first kappa shape index (κ1) is 17.0. The number of methoxy groups -OCH3 is 1. The smallest absolute Gasteiger partial charge is 0.243 e. The van der Waals surface area contributed by atoms with Gasteiger partial charge in [-0.2, -0.15) is 4.31 Å². The van der Waals surface area contributed by atoms with Gasteiger partial charge in [-0.25, -0.2) is 8.42 Å². The summed E-state index contributed by atoms with van der Waals surface area (Å²) in [7, 11) is -1.73. The largest absolute Gasteiger partial charge is 0.497 e. The lowest BCUT2D eigenvalue weighted by molar-refractivity contribution is 0.319. The average molecular weight is 345 g/mol. The number of nitrogens with zero attached hydrogens (tertiary/aromatic N) is 1. The normalized spacial score (nSPS) is 16.9. The molecule has 0 atom stereocenters. The molecule has 0 amide bonds. The Morgan fingerprint density at radius 1 is 0.958 bits per heavy atom. The van der Waals surface area contributed by atoms with Crippen molar-refractivity contribution in [1.82, 2.24) is 4.31 Å². The second kappa shape index (κ2) is 6.95. The summed E-state index contributed by atoms with van der Waals surface area (Å²) in [6, 6.07) is 15.2. The van der Waals surface area contributed by atoms with Gasteiger partial charge in [-0.3, -0.25) is 0 Å². The van der Waals surface area contributed by atoms with Crippen LogP contribution in [0.1, 0.15) is 29.9 Å². The topological polar surface area (TPSA) is 46.6 Å². The molecule has 1 saturated heterocycles. The minimum absolute atomic E-state index is 0.385. The van der Waals surface area contributed by atoms with Crippen molar-refractivity contribution in [3.63, 3.8) is 0 Å². The minimum atomic E-state index is -3.38. The predicted octanol–water partition coefficient (Wildman–Crippen LogP) is 3.57.